The van der Waals surface area contributed by atoms with Crippen molar-refractivity contribution >= 4 is 40.2 Å². The topological polar surface area (TPSA) is 92.0 Å². The molecule has 7 nitrogen and oxygen atoms in total. The summed E-state index contributed by atoms with van der Waals surface area (Å²) in [5.41, 5.74) is 9.25. The van der Waals surface area contributed by atoms with E-state index >= 15 is 0 Å². The number of piperazine rings is 1. The minimum Gasteiger partial charge on any atom is -0.491 e. The van der Waals surface area contributed by atoms with Gasteiger partial charge in [-0.25, -0.2) is 0 Å². The first-order chi connectivity index (χ1) is 14.1. The number of benzene rings is 1. The predicted octanol–water partition coefficient (Wildman–Crippen LogP) is 1.29. The number of hydrogen-bond acceptors (Lipinski definition) is 8. The van der Waals surface area contributed by atoms with E-state index in [1.54, 1.807) is 11.8 Å². The molecule has 5 rings (SSSR count). The van der Waals surface area contributed by atoms with Gasteiger partial charge < -0.3 is 26.0 Å². The third-order valence-corrected chi connectivity index (χ3v) is 8.31. The molecule has 4 heterocycles. The smallest absolute Gasteiger partial charge is 0.259 e. The van der Waals surface area contributed by atoms with Gasteiger partial charge in [0.05, 0.1) is 21.2 Å². The Morgan fingerprint density at radius 1 is 1.34 bits per heavy atom. The average Bonchev–Trinajstić information content (AvgIpc) is 3.25. The van der Waals surface area contributed by atoms with Crippen molar-refractivity contribution in [3.8, 4) is 5.75 Å². The monoisotopic (exact) mass is 431 g/mol. The zero-order valence-corrected chi connectivity index (χ0v) is 17.9. The van der Waals surface area contributed by atoms with Gasteiger partial charge in [0, 0.05) is 43.6 Å². The number of amides is 1. The summed E-state index contributed by atoms with van der Waals surface area (Å²) < 4.78 is 6.01. The van der Waals surface area contributed by atoms with Crippen molar-refractivity contribution in [3.05, 3.63) is 34.4 Å². The SMILES string of the molecule is CC1=NC2SC(C(=O)N[C@@H]3COc4cc(N5CCNCC5)ccc4C3)=C(N)C2S1. The van der Waals surface area contributed by atoms with Gasteiger partial charge in [-0.1, -0.05) is 29.6 Å². The normalized spacial score (nSPS) is 28.5. The van der Waals surface area contributed by atoms with Gasteiger partial charge in [-0.05, 0) is 25.0 Å². The van der Waals surface area contributed by atoms with E-state index in [-0.39, 0.29) is 22.6 Å². The van der Waals surface area contributed by atoms with E-state index in [1.165, 1.54) is 17.4 Å². The molecule has 0 bridgehead atoms. The van der Waals surface area contributed by atoms with Crippen molar-refractivity contribution in [1.29, 1.82) is 0 Å². The highest BCUT2D eigenvalue weighted by Gasteiger charge is 2.41. The Morgan fingerprint density at radius 3 is 2.97 bits per heavy atom. The number of thioether (sulfide) groups is 2. The zero-order valence-electron chi connectivity index (χ0n) is 16.3. The van der Waals surface area contributed by atoms with Crippen molar-refractivity contribution in [2.24, 2.45) is 10.7 Å². The molecule has 1 aromatic rings. The molecule has 2 unspecified atom stereocenters. The lowest BCUT2D eigenvalue weighted by Crippen LogP contribution is -2.44. The van der Waals surface area contributed by atoms with Gasteiger partial charge in [-0.3, -0.25) is 9.79 Å². The van der Waals surface area contributed by atoms with Crippen molar-refractivity contribution in [1.82, 2.24) is 10.6 Å². The van der Waals surface area contributed by atoms with Crippen LogP contribution in [0.4, 0.5) is 5.69 Å². The summed E-state index contributed by atoms with van der Waals surface area (Å²) in [6.07, 6.45) is 0.764. The Labute approximate surface area is 178 Å². The van der Waals surface area contributed by atoms with E-state index < -0.39 is 0 Å². The van der Waals surface area contributed by atoms with Crippen LogP contribution in [0.5, 0.6) is 5.75 Å². The largest absolute Gasteiger partial charge is 0.491 e. The first-order valence-electron chi connectivity index (χ1n) is 9.98. The molecule has 0 radical (unpaired) electrons. The van der Waals surface area contributed by atoms with Gasteiger partial charge in [0.25, 0.3) is 5.91 Å². The molecule has 1 amide bonds. The van der Waals surface area contributed by atoms with Crippen molar-refractivity contribution in [3.63, 3.8) is 0 Å². The lowest BCUT2D eigenvalue weighted by molar-refractivity contribution is -0.117. The van der Waals surface area contributed by atoms with Crippen LogP contribution in [0.15, 0.2) is 33.8 Å². The lowest BCUT2D eigenvalue weighted by atomic mass is 10.0. The number of carbonyl (C=O) groups excluding carboxylic acids is 1. The highest BCUT2D eigenvalue weighted by atomic mass is 32.2. The van der Waals surface area contributed by atoms with Crippen LogP contribution < -0.4 is 26.0 Å². The molecule has 1 fully saturated rings. The molecule has 4 aliphatic heterocycles. The van der Waals surface area contributed by atoms with Crippen LogP contribution in [0.25, 0.3) is 0 Å². The maximum Gasteiger partial charge on any atom is 0.259 e. The predicted molar refractivity (Wildman–Crippen MR) is 120 cm³/mol. The summed E-state index contributed by atoms with van der Waals surface area (Å²) in [7, 11) is 0. The van der Waals surface area contributed by atoms with Crippen molar-refractivity contribution in [2.45, 2.75) is 30.0 Å². The van der Waals surface area contributed by atoms with Crippen molar-refractivity contribution in [2.75, 3.05) is 37.7 Å². The maximum absolute atomic E-state index is 12.8. The summed E-state index contributed by atoms with van der Waals surface area (Å²) in [5.74, 6) is 0.820. The number of ether oxygens (including phenoxy) is 1. The summed E-state index contributed by atoms with van der Waals surface area (Å²) in [6.45, 7) is 6.49. The van der Waals surface area contributed by atoms with E-state index in [4.69, 9.17) is 10.5 Å². The van der Waals surface area contributed by atoms with Gasteiger partial charge in [0.2, 0.25) is 0 Å². The first-order valence-corrected chi connectivity index (χ1v) is 11.7. The van der Waals surface area contributed by atoms with Crippen LogP contribution in [0.2, 0.25) is 0 Å². The number of nitrogens with one attached hydrogen (secondary N) is 2. The molecule has 1 aromatic carbocycles. The molecular formula is C20H25N5O2S2. The standard InChI is InChI=1S/C20H25N5O2S2/c1-11-23-20-18(28-11)16(21)17(29-20)19(26)24-13-8-12-2-3-14(9-15(12)27-10-13)25-6-4-22-5-7-25/h2-3,9,13,18,20,22H,4-8,10,21H2,1H3,(H,24,26)/t13-,18?,20?/m0/s1. The minimum absolute atomic E-state index is 0.0347. The number of nitrogens with zero attached hydrogens (tertiary/aromatic N) is 2. The van der Waals surface area contributed by atoms with Crippen LogP contribution in [0.3, 0.4) is 0 Å². The van der Waals surface area contributed by atoms with Gasteiger partial charge >= 0.3 is 0 Å². The van der Waals surface area contributed by atoms with E-state index in [0.29, 0.717) is 17.2 Å². The molecule has 9 heteroatoms. The molecule has 0 spiro atoms. The molecule has 0 aliphatic carbocycles. The van der Waals surface area contributed by atoms with Gasteiger partial charge in [0.15, 0.2) is 0 Å². The van der Waals surface area contributed by atoms with Crippen LogP contribution in [-0.2, 0) is 11.2 Å². The lowest BCUT2D eigenvalue weighted by Gasteiger charge is -2.31. The highest BCUT2D eigenvalue weighted by Crippen LogP contribution is 2.47. The molecule has 3 atom stereocenters. The molecule has 4 aliphatic rings. The summed E-state index contributed by atoms with van der Waals surface area (Å²) in [4.78, 5) is 20.4. The molecule has 154 valence electrons. The Bertz CT molecular complexity index is 897. The quantitative estimate of drug-likeness (QED) is 0.664. The number of aliphatic imine (C=N–C) groups is 1. The molecule has 1 saturated heterocycles. The second kappa shape index (κ2) is 7.77. The highest BCUT2D eigenvalue weighted by molar-refractivity contribution is 8.16. The minimum atomic E-state index is -0.107. The second-order valence-electron chi connectivity index (χ2n) is 7.69. The fourth-order valence-corrected chi connectivity index (χ4v) is 6.74. The summed E-state index contributed by atoms with van der Waals surface area (Å²) in [5, 5.41) is 7.65. The molecule has 0 aromatic heterocycles. The third kappa shape index (κ3) is 3.71. The second-order valence-corrected chi connectivity index (χ2v) is 10.2. The Morgan fingerprint density at radius 2 is 2.17 bits per heavy atom. The zero-order chi connectivity index (χ0) is 20.0. The van der Waals surface area contributed by atoms with E-state index in [2.05, 4.69) is 38.7 Å². The molecule has 4 N–H and O–H groups in total. The van der Waals surface area contributed by atoms with E-state index in [0.717, 1.165) is 49.0 Å². The fourth-order valence-electron chi connectivity index (χ4n) is 4.15. The van der Waals surface area contributed by atoms with Gasteiger partial charge in [-0.15, -0.1) is 0 Å². The average molecular weight is 432 g/mol. The molecule has 29 heavy (non-hydrogen) atoms. The van der Waals surface area contributed by atoms with Crippen LogP contribution >= 0.6 is 23.5 Å². The Balaban J connectivity index is 1.23. The van der Waals surface area contributed by atoms with E-state index in [1.807, 2.05) is 6.92 Å². The van der Waals surface area contributed by atoms with Gasteiger partial charge in [0.1, 0.15) is 17.7 Å². The van der Waals surface area contributed by atoms with Gasteiger partial charge in [-0.2, -0.15) is 0 Å². The Kier molecular flexibility index (Phi) is 5.13. The molecular weight excluding hydrogens is 406 g/mol. The first kappa shape index (κ1) is 19.1. The number of anilines is 1. The maximum atomic E-state index is 12.8. The third-order valence-electron chi connectivity index (χ3n) is 5.65. The summed E-state index contributed by atoms with van der Waals surface area (Å²) >= 11 is 3.12. The van der Waals surface area contributed by atoms with Crippen LogP contribution in [0.1, 0.15) is 12.5 Å². The number of hydrogen-bond donors (Lipinski definition) is 3. The number of carbonyl (C=O) groups is 1. The number of rotatable bonds is 3. The van der Waals surface area contributed by atoms with Crippen LogP contribution in [0, 0.1) is 0 Å². The van der Waals surface area contributed by atoms with Crippen LogP contribution in [-0.4, -0.2) is 60.4 Å². The molecule has 0 saturated carbocycles. The number of nitrogens with two attached hydrogens (primary N) is 1. The van der Waals surface area contributed by atoms with E-state index in [9.17, 15) is 4.79 Å². The summed E-state index contributed by atoms with van der Waals surface area (Å²) in [6, 6.07) is 6.36. The van der Waals surface area contributed by atoms with Crippen molar-refractivity contribution < 1.29 is 9.53 Å². The fraction of sp³-hybridized carbons (Fsp3) is 0.500. The number of fused-ring (bicyclic) bond motifs is 2. The Hall–Kier alpha value is -1.84.